The summed E-state index contributed by atoms with van der Waals surface area (Å²) in [5.74, 6) is -1.10. The van der Waals surface area contributed by atoms with E-state index in [4.69, 9.17) is 11.6 Å². The fourth-order valence-electron chi connectivity index (χ4n) is 4.37. The van der Waals surface area contributed by atoms with E-state index in [9.17, 15) is 14.4 Å². The number of anilines is 3. The van der Waals surface area contributed by atoms with Gasteiger partial charge in [-0.25, -0.2) is 0 Å². The van der Waals surface area contributed by atoms with E-state index >= 15 is 0 Å². The van der Waals surface area contributed by atoms with Crippen molar-refractivity contribution in [3.05, 3.63) is 44.7 Å². The maximum Gasteiger partial charge on any atom is 0.258 e. The van der Waals surface area contributed by atoms with Crippen molar-refractivity contribution in [1.82, 2.24) is 9.97 Å². The minimum atomic E-state index is -0.934. The molecule has 9 heteroatoms. The van der Waals surface area contributed by atoms with Crippen LogP contribution in [0.1, 0.15) is 56.1 Å². The van der Waals surface area contributed by atoms with E-state index in [0.717, 1.165) is 37.8 Å². The van der Waals surface area contributed by atoms with E-state index in [1.807, 2.05) is 6.92 Å². The molecule has 1 aromatic carbocycles. The van der Waals surface area contributed by atoms with Crippen LogP contribution in [-0.4, -0.2) is 34.4 Å². The van der Waals surface area contributed by atoms with Gasteiger partial charge in [-0.1, -0.05) is 24.6 Å². The predicted molar refractivity (Wildman–Crippen MR) is 121 cm³/mol. The zero-order valence-corrected chi connectivity index (χ0v) is 18.4. The lowest BCUT2D eigenvalue weighted by atomic mass is 9.92. The number of amides is 2. The van der Waals surface area contributed by atoms with Gasteiger partial charge in [-0.05, 0) is 50.3 Å². The third kappa shape index (κ3) is 4.30. The van der Waals surface area contributed by atoms with Gasteiger partial charge in [0, 0.05) is 29.7 Å². The standard InChI is InChI=1S/C22H26ClN5O3/c1-3-14-6-4-5-9-28(14)22-26-19-18(21(31)27-22)15(11-17(29)25-19)20(30)24-16-10-13(23)8-7-12(16)2/h7-8,10,14-15H,3-6,9,11H2,1-2H3,(H,24,30)(H2,25,26,27,29,31)/t14-,15-/m0/s1. The Hall–Kier alpha value is -2.87. The van der Waals surface area contributed by atoms with Gasteiger partial charge < -0.3 is 15.5 Å². The number of carbonyl (C=O) groups excluding carboxylic acids is 2. The summed E-state index contributed by atoms with van der Waals surface area (Å²) in [5, 5.41) is 5.98. The molecule has 1 saturated heterocycles. The average Bonchev–Trinajstić information content (AvgIpc) is 2.75. The van der Waals surface area contributed by atoms with Crippen LogP contribution in [0.4, 0.5) is 17.5 Å². The lowest BCUT2D eigenvalue weighted by Crippen LogP contribution is -2.43. The van der Waals surface area contributed by atoms with E-state index < -0.39 is 17.4 Å². The van der Waals surface area contributed by atoms with Crippen molar-refractivity contribution in [1.29, 1.82) is 0 Å². The highest BCUT2D eigenvalue weighted by Gasteiger charge is 2.36. The number of fused-ring (bicyclic) bond motifs is 1. The fourth-order valence-corrected chi connectivity index (χ4v) is 4.54. The Morgan fingerprint density at radius 3 is 2.90 bits per heavy atom. The van der Waals surface area contributed by atoms with Crippen molar-refractivity contribution in [2.45, 2.75) is 57.9 Å². The molecule has 3 N–H and O–H groups in total. The van der Waals surface area contributed by atoms with Crippen LogP contribution >= 0.6 is 11.6 Å². The molecule has 4 rings (SSSR count). The van der Waals surface area contributed by atoms with Crippen LogP contribution in [0, 0.1) is 6.92 Å². The van der Waals surface area contributed by atoms with Crippen molar-refractivity contribution in [3.63, 3.8) is 0 Å². The Kier molecular flexibility index (Phi) is 6.00. The monoisotopic (exact) mass is 443 g/mol. The van der Waals surface area contributed by atoms with E-state index in [0.29, 0.717) is 22.7 Å². The van der Waals surface area contributed by atoms with Crippen LogP contribution < -0.4 is 21.1 Å². The second-order valence-electron chi connectivity index (χ2n) is 8.16. The molecule has 2 aliphatic heterocycles. The van der Waals surface area contributed by atoms with Gasteiger partial charge in [0.15, 0.2) is 0 Å². The molecule has 8 nitrogen and oxygen atoms in total. The summed E-state index contributed by atoms with van der Waals surface area (Å²) in [5.41, 5.74) is 1.16. The Morgan fingerprint density at radius 2 is 2.13 bits per heavy atom. The highest BCUT2D eigenvalue weighted by atomic mass is 35.5. The first-order valence-corrected chi connectivity index (χ1v) is 11.0. The Bertz CT molecular complexity index is 1080. The van der Waals surface area contributed by atoms with E-state index in [2.05, 4.69) is 32.4 Å². The van der Waals surface area contributed by atoms with E-state index in [1.54, 1.807) is 18.2 Å². The van der Waals surface area contributed by atoms with Gasteiger partial charge in [-0.2, -0.15) is 4.98 Å². The van der Waals surface area contributed by atoms with E-state index in [1.165, 1.54) is 0 Å². The number of rotatable bonds is 4. The van der Waals surface area contributed by atoms with Gasteiger partial charge >= 0.3 is 0 Å². The first kappa shape index (κ1) is 21.4. The summed E-state index contributed by atoms with van der Waals surface area (Å²) in [6, 6.07) is 5.46. The molecule has 0 radical (unpaired) electrons. The van der Waals surface area contributed by atoms with Gasteiger partial charge in [0.2, 0.25) is 17.8 Å². The van der Waals surface area contributed by atoms with Crippen LogP contribution in [0.15, 0.2) is 23.0 Å². The maximum atomic E-state index is 13.1. The Balaban J connectivity index is 1.67. The highest BCUT2D eigenvalue weighted by Crippen LogP contribution is 2.32. The molecule has 0 unspecified atom stereocenters. The van der Waals surface area contributed by atoms with E-state index in [-0.39, 0.29) is 23.7 Å². The molecule has 2 aliphatic rings. The first-order valence-electron chi connectivity index (χ1n) is 10.6. The van der Waals surface area contributed by atoms with Gasteiger partial charge in [0.05, 0.1) is 11.5 Å². The lowest BCUT2D eigenvalue weighted by molar-refractivity contribution is -0.123. The molecule has 1 aromatic heterocycles. The van der Waals surface area contributed by atoms with Gasteiger partial charge in [-0.3, -0.25) is 19.4 Å². The summed E-state index contributed by atoms with van der Waals surface area (Å²) in [7, 11) is 0. The normalized spacial score (nSPS) is 20.7. The number of aryl methyl sites for hydroxylation is 1. The summed E-state index contributed by atoms with van der Waals surface area (Å²) in [6.07, 6.45) is 4.02. The molecular formula is C22H26ClN5O3. The molecule has 0 aliphatic carbocycles. The minimum Gasteiger partial charge on any atom is -0.339 e. The van der Waals surface area contributed by atoms with Crippen molar-refractivity contribution >= 4 is 40.9 Å². The summed E-state index contributed by atoms with van der Waals surface area (Å²) in [4.78, 5) is 48.0. The Morgan fingerprint density at radius 1 is 1.32 bits per heavy atom. The molecule has 1 fully saturated rings. The zero-order valence-electron chi connectivity index (χ0n) is 17.6. The van der Waals surface area contributed by atoms with Gasteiger partial charge in [0.1, 0.15) is 5.82 Å². The third-order valence-corrected chi connectivity index (χ3v) is 6.32. The molecular weight excluding hydrogens is 418 g/mol. The SMILES string of the molecule is CC[C@H]1CCCCN1c1nc2c(c(=O)[nH]1)[C@@H](C(=O)Nc1cc(Cl)ccc1C)CC(=O)N2. The number of carbonyl (C=O) groups is 2. The number of nitrogens with zero attached hydrogens (tertiary/aromatic N) is 2. The molecule has 31 heavy (non-hydrogen) atoms. The number of hydrogen-bond donors (Lipinski definition) is 3. The number of aromatic amines is 1. The second kappa shape index (κ2) is 8.70. The third-order valence-electron chi connectivity index (χ3n) is 6.08. The lowest BCUT2D eigenvalue weighted by Gasteiger charge is -2.36. The number of H-pyrrole nitrogens is 1. The summed E-state index contributed by atoms with van der Waals surface area (Å²) in [6.45, 7) is 4.75. The topological polar surface area (TPSA) is 107 Å². The van der Waals surface area contributed by atoms with Crippen molar-refractivity contribution in [2.75, 3.05) is 22.1 Å². The Labute approximate surface area is 185 Å². The predicted octanol–water partition coefficient (Wildman–Crippen LogP) is 3.57. The first-order chi connectivity index (χ1) is 14.9. The molecule has 0 spiro atoms. The largest absolute Gasteiger partial charge is 0.339 e. The van der Waals surface area contributed by atoms with Crippen LogP contribution in [0.2, 0.25) is 5.02 Å². The number of nitrogens with one attached hydrogen (secondary N) is 3. The molecule has 2 amide bonds. The van der Waals surface area contributed by atoms with Crippen molar-refractivity contribution in [3.8, 4) is 0 Å². The van der Waals surface area contributed by atoms with Crippen molar-refractivity contribution < 1.29 is 9.59 Å². The van der Waals surface area contributed by atoms with Gasteiger partial charge in [0.25, 0.3) is 5.56 Å². The fraction of sp³-hybridized carbons (Fsp3) is 0.455. The number of halogens is 1. The van der Waals surface area contributed by atoms with Crippen LogP contribution in [0.3, 0.4) is 0 Å². The van der Waals surface area contributed by atoms with Crippen LogP contribution in [0.5, 0.6) is 0 Å². The molecule has 0 saturated carbocycles. The highest BCUT2D eigenvalue weighted by molar-refractivity contribution is 6.31. The number of aromatic nitrogens is 2. The average molecular weight is 444 g/mol. The smallest absolute Gasteiger partial charge is 0.258 e. The quantitative estimate of drug-likeness (QED) is 0.669. The molecule has 3 heterocycles. The summed E-state index contributed by atoms with van der Waals surface area (Å²) < 4.78 is 0. The van der Waals surface area contributed by atoms with Crippen molar-refractivity contribution in [2.24, 2.45) is 0 Å². The number of piperidine rings is 1. The zero-order chi connectivity index (χ0) is 22.1. The molecule has 2 atom stereocenters. The maximum absolute atomic E-state index is 13.1. The summed E-state index contributed by atoms with van der Waals surface area (Å²) >= 11 is 6.05. The van der Waals surface area contributed by atoms with Gasteiger partial charge in [-0.15, -0.1) is 0 Å². The second-order valence-corrected chi connectivity index (χ2v) is 8.59. The van der Waals surface area contributed by atoms with Crippen LogP contribution in [-0.2, 0) is 9.59 Å². The molecule has 0 bridgehead atoms. The van der Waals surface area contributed by atoms with Crippen LogP contribution in [0.25, 0.3) is 0 Å². The number of hydrogen-bond acceptors (Lipinski definition) is 5. The number of benzene rings is 1. The molecule has 164 valence electrons. The molecule has 2 aromatic rings. The minimum absolute atomic E-state index is 0.121.